The van der Waals surface area contributed by atoms with E-state index >= 15 is 0 Å². The van der Waals surface area contributed by atoms with Crippen LogP contribution in [0.1, 0.15) is 31.9 Å². The Morgan fingerprint density at radius 3 is 2.21 bits per heavy atom. The van der Waals surface area contributed by atoms with Crippen molar-refractivity contribution in [3.05, 3.63) is 47.5 Å². The lowest BCUT2D eigenvalue weighted by Gasteiger charge is -2.22. The van der Waals surface area contributed by atoms with Gasteiger partial charge in [0.1, 0.15) is 0 Å². The highest BCUT2D eigenvalue weighted by atomic mass is 15.0. The molecule has 1 aliphatic carbocycles. The molecule has 1 aliphatic rings. The summed E-state index contributed by atoms with van der Waals surface area (Å²) in [5.74, 6) is 0. The fraction of sp³-hybridized carbons (Fsp3) is 0.308. The summed E-state index contributed by atoms with van der Waals surface area (Å²) in [6.07, 6.45) is 4.39. The van der Waals surface area contributed by atoms with Crippen molar-refractivity contribution in [2.45, 2.75) is 26.3 Å². The predicted octanol–water partition coefficient (Wildman–Crippen LogP) is 2.98. The van der Waals surface area contributed by atoms with Crippen molar-refractivity contribution < 1.29 is 0 Å². The lowest BCUT2D eigenvalue weighted by Crippen LogP contribution is -2.34. The molecule has 0 unspecified atom stereocenters. The normalized spacial score (nSPS) is 14.9. The molecule has 0 atom stereocenters. The summed E-state index contributed by atoms with van der Waals surface area (Å²) in [5.41, 5.74) is 3.95. The molecular weight excluding hydrogens is 170 g/mol. The molecule has 0 saturated heterocycles. The summed E-state index contributed by atoms with van der Waals surface area (Å²) in [6.45, 7) is 6.51. The Bertz CT molecular complexity index is 369. The van der Waals surface area contributed by atoms with Gasteiger partial charge >= 0.3 is 0 Å². The van der Waals surface area contributed by atoms with Crippen LogP contribution in [-0.2, 0) is 0 Å². The molecule has 1 N–H and O–H groups in total. The number of hydrogen-bond acceptors (Lipinski definition) is 1. The van der Waals surface area contributed by atoms with Gasteiger partial charge in [-0.05, 0) is 38.0 Å². The fourth-order valence-corrected chi connectivity index (χ4v) is 1.66. The molecule has 1 nitrogen and oxygen atoms in total. The second-order valence-corrected chi connectivity index (χ2v) is 4.75. The lowest BCUT2D eigenvalue weighted by molar-refractivity contribution is 0.479. The van der Waals surface area contributed by atoms with Gasteiger partial charge in [-0.3, -0.25) is 0 Å². The van der Waals surface area contributed by atoms with Crippen molar-refractivity contribution in [2.75, 3.05) is 0 Å². The van der Waals surface area contributed by atoms with Crippen molar-refractivity contribution in [2.24, 2.45) is 0 Å². The van der Waals surface area contributed by atoms with Crippen LogP contribution in [0, 0.1) is 6.42 Å². The maximum Gasteiger partial charge on any atom is 0.0367 e. The van der Waals surface area contributed by atoms with Crippen LogP contribution in [0.2, 0.25) is 0 Å². The summed E-state index contributed by atoms with van der Waals surface area (Å²) in [5, 5.41) is 3.47. The van der Waals surface area contributed by atoms with E-state index in [1.807, 2.05) is 0 Å². The molecule has 0 aromatic heterocycles. The van der Waals surface area contributed by atoms with Crippen LogP contribution in [0.3, 0.4) is 0 Å². The Kier molecular flexibility index (Phi) is 2.10. The molecule has 1 heteroatoms. The van der Waals surface area contributed by atoms with Crippen molar-refractivity contribution in [3.63, 3.8) is 0 Å². The SMILES string of the molecule is CC(C)(C)NC1=Cc2ccccc2[CH]1. The number of allylic oxidation sites excluding steroid dienone is 1. The molecule has 14 heavy (non-hydrogen) atoms. The monoisotopic (exact) mass is 186 g/mol. The highest BCUT2D eigenvalue weighted by molar-refractivity contribution is 5.68. The summed E-state index contributed by atoms with van der Waals surface area (Å²) < 4.78 is 0. The van der Waals surface area contributed by atoms with Crippen LogP contribution >= 0.6 is 0 Å². The van der Waals surface area contributed by atoms with Gasteiger partial charge in [0.15, 0.2) is 0 Å². The van der Waals surface area contributed by atoms with E-state index in [1.54, 1.807) is 0 Å². The number of nitrogens with one attached hydrogen (secondary N) is 1. The van der Waals surface area contributed by atoms with E-state index in [1.165, 1.54) is 16.8 Å². The van der Waals surface area contributed by atoms with Crippen LogP contribution < -0.4 is 5.32 Å². The second-order valence-electron chi connectivity index (χ2n) is 4.75. The number of hydrogen-bond donors (Lipinski definition) is 1. The van der Waals surface area contributed by atoms with Crippen LogP contribution in [0.25, 0.3) is 6.08 Å². The van der Waals surface area contributed by atoms with Gasteiger partial charge in [0.25, 0.3) is 0 Å². The van der Waals surface area contributed by atoms with E-state index in [0.29, 0.717) is 0 Å². The van der Waals surface area contributed by atoms with Gasteiger partial charge in [0.05, 0.1) is 0 Å². The summed E-state index contributed by atoms with van der Waals surface area (Å²) in [7, 11) is 0. The highest BCUT2D eigenvalue weighted by Gasteiger charge is 2.16. The molecule has 73 valence electrons. The maximum absolute atomic E-state index is 3.47. The Morgan fingerprint density at radius 1 is 1.00 bits per heavy atom. The zero-order valence-corrected chi connectivity index (χ0v) is 8.96. The summed E-state index contributed by atoms with van der Waals surface area (Å²) in [6, 6.07) is 8.43. The Morgan fingerprint density at radius 2 is 1.64 bits per heavy atom. The van der Waals surface area contributed by atoms with E-state index in [4.69, 9.17) is 0 Å². The molecule has 0 heterocycles. The molecule has 0 aliphatic heterocycles. The van der Waals surface area contributed by atoms with Crippen molar-refractivity contribution in [1.29, 1.82) is 0 Å². The Balaban J connectivity index is 2.16. The molecule has 0 saturated carbocycles. The molecule has 1 aromatic carbocycles. The molecule has 0 bridgehead atoms. The van der Waals surface area contributed by atoms with Gasteiger partial charge in [0.2, 0.25) is 0 Å². The van der Waals surface area contributed by atoms with Gasteiger partial charge in [-0.15, -0.1) is 0 Å². The first-order valence-electron chi connectivity index (χ1n) is 4.98. The smallest absolute Gasteiger partial charge is 0.0367 e. The van der Waals surface area contributed by atoms with Crippen molar-refractivity contribution in [3.8, 4) is 0 Å². The van der Waals surface area contributed by atoms with Crippen LogP contribution in [0.4, 0.5) is 0 Å². The van der Waals surface area contributed by atoms with Crippen LogP contribution in [0.15, 0.2) is 30.0 Å². The number of benzene rings is 1. The minimum Gasteiger partial charge on any atom is -0.383 e. The lowest BCUT2D eigenvalue weighted by atomic mass is 10.1. The van der Waals surface area contributed by atoms with E-state index in [-0.39, 0.29) is 5.54 Å². The zero-order valence-electron chi connectivity index (χ0n) is 8.96. The average molecular weight is 186 g/mol. The Labute approximate surface area is 85.8 Å². The quantitative estimate of drug-likeness (QED) is 0.711. The van der Waals surface area contributed by atoms with Gasteiger partial charge in [-0.1, -0.05) is 24.3 Å². The third kappa shape index (κ3) is 1.98. The van der Waals surface area contributed by atoms with E-state index in [9.17, 15) is 0 Å². The fourth-order valence-electron chi connectivity index (χ4n) is 1.66. The Hall–Kier alpha value is -1.24. The van der Waals surface area contributed by atoms with Crippen molar-refractivity contribution in [1.82, 2.24) is 5.32 Å². The minimum absolute atomic E-state index is 0.129. The molecule has 0 fully saturated rings. The highest BCUT2D eigenvalue weighted by Crippen LogP contribution is 2.25. The average Bonchev–Trinajstić information content (AvgIpc) is 2.42. The third-order valence-electron chi connectivity index (χ3n) is 2.14. The maximum atomic E-state index is 3.47. The van der Waals surface area contributed by atoms with E-state index in [2.05, 4.69) is 62.9 Å². The van der Waals surface area contributed by atoms with Gasteiger partial charge < -0.3 is 5.32 Å². The van der Waals surface area contributed by atoms with Gasteiger partial charge in [-0.2, -0.15) is 0 Å². The largest absolute Gasteiger partial charge is 0.383 e. The third-order valence-corrected chi connectivity index (χ3v) is 2.14. The first-order valence-corrected chi connectivity index (χ1v) is 4.98. The molecule has 1 radical (unpaired) electrons. The predicted molar refractivity (Wildman–Crippen MR) is 60.7 cm³/mol. The molecule has 0 amide bonds. The van der Waals surface area contributed by atoms with E-state index < -0.39 is 0 Å². The second kappa shape index (κ2) is 3.16. The van der Waals surface area contributed by atoms with E-state index in [0.717, 1.165) is 0 Å². The topological polar surface area (TPSA) is 12.0 Å². The molecule has 1 aromatic rings. The standard InChI is InChI=1S/C13H16N/c1-13(2,3)14-12-8-10-6-4-5-7-11(10)9-12/h4-9,14H,1-3H3. The van der Waals surface area contributed by atoms with Crippen LogP contribution in [0.5, 0.6) is 0 Å². The molecular formula is C13H16N. The number of rotatable bonds is 1. The van der Waals surface area contributed by atoms with Crippen LogP contribution in [-0.4, -0.2) is 5.54 Å². The number of fused-ring (bicyclic) bond motifs is 1. The van der Waals surface area contributed by atoms with Crippen molar-refractivity contribution >= 4 is 6.08 Å². The molecule has 2 rings (SSSR count). The van der Waals surface area contributed by atoms with Gasteiger partial charge in [0, 0.05) is 17.7 Å². The molecule has 0 spiro atoms. The first kappa shape index (κ1) is 9.32. The summed E-state index contributed by atoms with van der Waals surface area (Å²) in [4.78, 5) is 0. The minimum atomic E-state index is 0.129. The first-order chi connectivity index (χ1) is 6.54. The summed E-state index contributed by atoms with van der Waals surface area (Å²) >= 11 is 0. The van der Waals surface area contributed by atoms with Gasteiger partial charge in [-0.25, -0.2) is 0 Å². The zero-order chi connectivity index (χ0) is 10.2.